The van der Waals surface area contributed by atoms with Gasteiger partial charge in [0.15, 0.2) is 0 Å². The van der Waals surface area contributed by atoms with Gasteiger partial charge in [-0.05, 0) is 19.1 Å². The first-order valence-corrected chi connectivity index (χ1v) is 7.36. The van der Waals surface area contributed by atoms with Gasteiger partial charge in [0.25, 0.3) is 0 Å². The van der Waals surface area contributed by atoms with E-state index in [0.717, 1.165) is 18.2 Å². The number of benzene rings is 1. The summed E-state index contributed by atoms with van der Waals surface area (Å²) in [4.78, 5) is 9.85. The molecule has 0 aliphatic heterocycles. The smallest absolute Gasteiger partial charge is 0.417 e. The van der Waals surface area contributed by atoms with Gasteiger partial charge in [0.2, 0.25) is 10.0 Å². The molecule has 2 N–H and O–H groups in total. The lowest BCUT2D eigenvalue weighted by Crippen LogP contribution is -2.40. The number of carboxylic acid groups (broad SMARTS) is 1. The molecule has 0 fully saturated rings. The molecule has 21 heavy (non-hydrogen) atoms. The summed E-state index contributed by atoms with van der Waals surface area (Å²) in [6, 6.07) is 2.65. The molecule has 0 bridgehead atoms. The molecule has 0 heterocycles. The van der Waals surface area contributed by atoms with Gasteiger partial charge < -0.3 is 5.11 Å². The predicted octanol–water partition coefficient (Wildman–Crippen LogP) is 2.09. The van der Waals surface area contributed by atoms with Crippen LogP contribution in [-0.4, -0.2) is 25.5 Å². The van der Waals surface area contributed by atoms with Crippen molar-refractivity contribution in [1.29, 1.82) is 0 Å². The summed E-state index contributed by atoms with van der Waals surface area (Å²) < 4.78 is 64.5. The van der Waals surface area contributed by atoms with Crippen molar-refractivity contribution in [2.24, 2.45) is 5.92 Å². The number of carbonyl (C=O) groups is 1. The molecule has 0 aromatic heterocycles. The van der Waals surface area contributed by atoms with Crippen LogP contribution in [0.3, 0.4) is 0 Å². The SMILES string of the molecule is CC(NS(=O)(=O)c1ccccc1C(F)(F)F)C(C)C(=O)O. The van der Waals surface area contributed by atoms with Crippen LogP contribution in [0.4, 0.5) is 13.2 Å². The van der Waals surface area contributed by atoms with Crippen LogP contribution in [-0.2, 0) is 21.0 Å². The lowest BCUT2D eigenvalue weighted by atomic mass is 10.1. The molecular weight excluding hydrogens is 311 g/mol. The molecule has 0 radical (unpaired) electrons. The monoisotopic (exact) mass is 325 g/mol. The Bertz CT molecular complexity index is 628. The topological polar surface area (TPSA) is 83.5 Å². The van der Waals surface area contributed by atoms with Crippen LogP contribution in [0.25, 0.3) is 0 Å². The lowest BCUT2D eigenvalue weighted by molar-refractivity contribution is -0.142. The number of hydrogen-bond acceptors (Lipinski definition) is 3. The summed E-state index contributed by atoms with van der Waals surface area (Å²) >= 11 is 0. The molecule has 0 aliphatic carbocycles. The standard InChI is InChI=1S/C12H14F3NO4S/c1-7(11(17)18)8(2)16-21(19,20)10-6-4-3-5-9(10)12(13,14)15/h3-8,16H,1-2H3,(H,17,18). The van der Waals surface area contributed by atoms with E-state index in [1.165, 1.54) is 13.8 Å². The number of aliphatic carboxylic acids is 1. The van der Waals surface area contributed by atoms with Crippen molar-refractivity contribution in [1.82, 2.24) is 4.72 Å². The molecule has 0 amide bonds. The maximum atomic E-state index is 12.8. The van der Waals surface area contributed by atoms with Gasteiger partial charge in [0.05, 0.1) is 16.4 Å². The Morgan fingerprint density at radius 1 is 1.24 bits per heavy atom. The zero-order valence-corrected chi connectivity index (χ0v) is 12.0. The molecular formula is C12H14F3NO4S. The molecule has 9 heteroatoms. The maximum Gasteiger partial charge on any atom is 0.417 e. The zero-order valence-electron chi connectivity index (χ0n) is 11.2. The Hall–Kier alpha value is -1.61. The van der Waals surface area contributed by atoms with E-state index in [0.29, 0.717) is 6.07 Å². The van der Waals surface area contributed by atoms with E-state index >= 15 is 0 Å². The van der Waals surface area contributed by atoms with Crippen molar-refractivity contribution in [2.45, 2.75) is 31.0 Å². The number of sulfonamides is 1. The summed E-state index contributed by atoms with van der Waals surface area (Å²) in [6.45, 7) is 2.53. The molecule has 0 saturated heterocycles. The van der Waals surface area contributed by atoms with Crippen LogP contribution in [0.1, 0.15) is 19.4 Å². The molecule has 5 nitrogen and oxygen atoms in total. The zero-order chi connectivity index (χ0) is 16.4. The van der Waals surface area contributed by atoms with Crippen LogP contribution in [0.5, 0.6) is 0 Å². The minimum atomic E-state index is -4.83. The van der Waals surface area contributed by atoms with E-state index in [-0.39, 0.29) is 0 Å². The number of hydrogen-bond donors (Lipinski definition) is 2. The Morgan fingerprint density at radius 3 is 2.24 bits per heavy atom. The van der Waals surface area contributed by atoms with E-state index < -0.39 is 44.6 Å². The number of alkyl halides is 3. The average molecular weight is 325 g/mol. The van der Waals surface area contributed by atoms with Crippen LogP contribution >= 0.6 is 0 Å². The highest BCUT2D eigenvalue weighted by Gasteiger charge is 2.37. The first kappa shape index (κ1) is 17.4. The van der Waals surface area contributed by atoms with Crippen LogP contribution in [0, 0.1) is 5.92 Å². The van der Waals surface area contributed by atoms with E-state index in [2.05, 4.69) is 0 Å². The molecule has 1 aromatic carbocycles. The second-order valence-corrected chi connectivity index (χ2v) is 6.21. The molecule has 0 aliphatic rings. The van der Waals surface area contributed by atoms with Crippen molar-refractivity contribution in [2.75, 3.05) is 0 Å². The summed E-state index contributed by atoms with van der Waals surface area (Å²) in [5.41, 5.74) is -1.30. The van der Waals surface area contributed by atoms with E-state index in [9.17, 15) is 26.4 Å². The minimum absolute atomic E-state index is 0.653. The molecule has 0 saturated carbocycles. The third-order valence-corrected chi connectivity index (χ3v) is 4.58. The molecule has 2 unspecified atom stereocenters. The number of carboxylic acids is 1. The molecule has 0 spiro atoms. The number of nitrogens with one attached hydrogen (secondary N) is 1. The van der Waals surface area contributed by atoms with Crippen LogP contribution in [0.2, 0.25) is 0 Å². The second-order valence-electron chi connectivity index (χ2n) is 4.53. The van der Waals surface area contributed by atoms with Gasteiger partial charge in [-0.25, -0.2) is 13.1 Å². The summed E-state index contributed by atoms with van der Waals surface area (Å²) in [7, 11) is -4.49. The van der Waals surface area contributed by atoms with Crippen LogP contribution in [0.15, 0.2) is 29.2 Å². The van der Waals surface area contributed by atoms with Gasteiger partial charge in [0, 0.05) is 6.04 Å². The van der Waals surface area contributed by atoms with Gasteiger partial charge in [-0.15, -0.1) is 0 Å². The van der Waals surface area contributed by atoms with Crippen molar-refractivity contribution < 1.29 is 31.5 Å². The first-order valence-electron chi connectivity index (χ1n) is 5.88. The number of halogens is 3. The second kappa shape index (κ2) is 6.02. The maximum absolute atomic E-state index is 12.8. The Kier molecular flexibility index (Phi) is 5.00. The fourth-order valence-corrected chi connectivity index (χ4v) is 3.11. The predicted molar refractivity (Wildman–Crippen MR) is 68.0 cm³/mol. The fraction of sp³-hybridized carbons (Fsp3) is 0.417. The number of rotatable bonds is 5. The third-order valence-electron chi connectivity index (χ3n) is 2.96. The van der Waals surface area contributed by atoms with Gasteiger partial charge in [-0.3, -0.25) is 4.79 Å². The Labute approximate surface area is 119 Å². The summed E-state index contributed by atoms with van der Waals surface area (Å²) in [5.74, 6) is -2.34. The highest BCUT2D eigenvalue weighted by molar-refractivity contribution is 7.89. The normalized spacial score (nSPS) is 15.5. The van der Waals surface area contributed by atoms with Crippen molar-refractivity contribution in [3.8, 4) is 0 Å². The largest absolute Gasteiger partial charge is 0.481 e. The minimum Gasteiger partial charge on any atom is -0.481 e. The summed E-state index contributed by atoms with van der Waals surface area (Å²) in [6.07, 6.45) is -4.83. The lowest BCUT2D eigenvalue weighted by Gasteiger charge is -2.19. The van der Waals surface area contributed by atoms with E-state index in [1.807, 2.05) is 4.72 Å². The van der Waals surface area contributed by atoms with Crippen LogP contribution < -0.4 is 4.72 Å². The van der Waals surface area contributed by atoms with Crippen molar-refractivity contribution in [3.05, 3.63) is 29.8 Å². The molecule has 2 atom stereocenters. The van der Waals surface area contributed by atoms with Crippen molar-refractivity contribution >= 4 is 16.0 Å². The van der Waals surface area contributed by atoms with E-state index in [4.69, 9.17) is 5.11 Å². The van der Waals surface area contributed by atoms with E-state index in [1.54, 1.807) is 0 Å². The van der Waals surface area contributed by atoms with Gasteiger partial charge >= 0.3 is 12.1 Å². The van der Waals surface area contributed by atoms with Gasteiger partial charge in [-0.2, -0.15) is 13.2 Å². The highest BCUT2D eigenvalue weighted by Crippen LogP contribution is 2.34. The fourth-order valence-electron chi connectivity index (χ4n) is 1.56. The average Bonchev–Trinajstić information content (AvgIpc) is 2.36. The molecule has 1 aromatic rings. The Balaban J connectivity index is 3.19. The van der Waals surface area contributed by atoms with Crippen molar-refractivity contribution in [3.63, 3.8) is 0 Å². The third kappa shape index (κ3) is 4.18. The quantitative estimate of drug-likeness (QED) is 0.868. The summed E-state index contributed by atoms with van der Waals surface area (Å²) in [5, 5.41) is 8.79. The molecule has 1 rings (SSSR count). The van der Waals surface area contributed by atoms with Gasteiger partial charge in [-0.1, -0.05) is 19.1 Å². The van der Waals surface area contributed by atoms with Gasteiger partial charge in [0.1, 0.15) is 0 Å². The first-order chi connectivity index (χ1) is 9.47. The molecule has 118 valence electrons. The highest BCUT2D eigenvalue weighted by atomic mass is 32.2. The Morgan fingerprint density at radius 2 is 1.76 bits per heavy atom.